The van der Waals surface area contributed by atoms with Gasteiger partial charge in [0.25, 0.3) is 0 Å². The van der Waals surface area contributed by atoms with Crippen LogP contribution in [0.15, 0.2) is 16.6 Å². The summed E-state index contributed by atoms with van der Waals surface area (Å²) in [6.45, 7) is 0. The molecule has 0 unspecified atom stereocenters. The van der Waals surface area contributed by atoms with Crippen LogP contribution < -0.4 is 4.74 Å². The second-order valence-electron chi connectivity index (χ2n) is 2.22. The summed E-state index contributed by atoms with van der Waals surface area (Å²) in [6.07, 6.45) is -5.12. The van der Waals surface area contributed by atoms with Crippen molar-refractivity contribution in [3.05, 3.63) is 28.2 Å². The maximum Gasteiger partial charge on any atom is 0.573 e. The molecule has 0 N–H and O–H groups in total. The van der Waals surface area contributed by atoms with Gasteiger partial charge in [-0.2, -0.15) is 0 Å². The Labute approximate surface area is 83.6 Å². The van der Waals surface area contributed by atoms with Crippen molar-refractivity contribution in [3.63, 3.8) is 0 Å². The highest BCUT2D eigenvalue weighted by atomic mass is 79.9. The summed E-state index contributed by atoms with van der Waals surface area (Å²) in [5, 5.41) is 0. The van der Waals surface area contributed by atoms with Crippen LogP contribution in [0.4, 0.5) is 22.0 Å². The highest BCUT2D eigenvalue weighted by molar-refractivity contribution is 9.10. The highest BCUT2D eigenvalue weighted by Gasteiger charge is 2.34. The Morgan fingerprint density at radius 1 is 1.14 bits per heavy atom. The first-order valence-electron chi connectivity index (χ1n) is 3.20. The van der Waals surface area contributed by atoms with E-state index in [0.717, 1.165) is 6.07 Å². The molecule has 1 nitrogen and oxygen atoms in total. The van der Waals surface area contributed by atoms with Gasteiger partial charge in [-0.1, -0.05) is 0 Å². The monoisotopic (exact) mass is 276 g/mol. The summed E-state index contributed by atoms with van der Waals surface area (Å²) in [5.74, 6) is -4.31. The number of alkyl halides is 3. The Bertz CT molecular complexity index is 349. The lowest BCUT2D eigenvalue weighted by molar-refractivity contribution is -0.276. The standard InChI is InChI=1S/C7H2BrF5O/c8-3-1-2-4(9)6(5(3)10)14-7(11,12)13/h1-2H. The van der Waals surface area contributed by atoms with Gasteiger partial charge in [0.05, 0.1) is 4.47 Å². The first-order chi connectivity index (χ1) is 6.31. The zero-order valence-corrected chi connectivity index (χ0v) is 7.92. The molecule has 7 heteroatoms. The Morgan fingerprint density at radius 2 is 1.71 bits per heavy atom. The second kappa shape index (κ2) is 3.72. The Hall–Kier alpha value is -0.850. The summed E-state index contributed by atoms with van der Waals surface area (Å²) in [6, 6.07) is 1.60. The summed E-state index contributed by atoms with van der Waals surface area (Å²) in [7, 11) is 0. The van der Waals surface area contributed by atoms with Crippen LogP contribution in [0.25, 0.3) is 0 Å². The predicted molar refractivity (Wildman–Crippen MR) is 40.7 cm³/mol. The molecule has 0 bridgehead atoms. The largest absolute Gasteiger partial charge is 0.573 e. The zero-order chi connectivity index (χ0) is 10.9. The maximum atomic E-state index is 12.9. The van der Waals surface area contributed by atoms with Gasteiger partial charge >= 0.3 is 6.36 Å². The minimum Gasteiger partial charge on any atom is -0.399 e. The van der Waals surface area contributed by atoms with Crippen LogP contribution in [0.3, 0.4) is 0 Å². The van der Waals surface area contributed by atoms with E-state index in [4.69, 9.17) is 0 Å². The number of benzene rings is 1. The summed E-state index contributed by atoms with van der Waals surface area (Å²) >= 11 is 2.60. The van der Waals surface area contributed by atoms with Gasteiger partial charge in [0, 0.05) is 0 Å². The van der Waals surface area contributed by atoms with Crippen molar-refractivity contribution >= 4 is 15.9 Å². The zero-order valence-electron chi connectivity index (χ0n) is 6.33. The van der Waals surface area contributed by atoms with Crippen molar-refractivity contribution in [2.24, 2.45) is 0 Å². The average molecular weight is 277 g/mol. The normalized spacial score (nSPS) is 11.6. The number of rotatable bonds is 1. The molecule has 0 radical (unpaired) electrons. The maximum absolute atomic E-state index is 12.9. The fraction of sp³-hybridized carbons (Fsp3) is 0.143. The molecule has 0 heterocycles. The molecule has 1 aromatic rings. The number of ether oxygens (including phenoxy) is 1. The molecule has 0 aliphatic rings. The van der Waals surface area contributed by atoms with Crippen LogP contribution in [0.1, 0.15) is 0 Å². The van der Waals surface area contributed by atoms with Gasteiger partial charge in [-0.05, 0) is 28.1 Å². The van der Waals surface area contributed by atoms with Crippen LogP contribution in [0.2, 0.25) is 0 Å². The third kappa shape index (κ3) is 2.57. The third-order valence-corrected chi connectivity index (χ3v) is 1.83. The molecule has 14 heavy (non-hydrogen) atoms. The van der Waals surface area contributed by atoms with Gasteiger partial charge < -0.3 is 4.74 Å². The van der Waals surface area contributed by atoms with Gasteiger partial charge in [-0.25, -0.2) is 8.78 Å². The Morgan fingerprint density at radius 3 is 2.21 bits per heavy atom. The van der Waals surface area contributed by atoms with Gasteiger partial charge in [0.2, 0.25) is 5.75 Å². The van der Waals surface area contributed by atoms with Gasteiger partial charge in [0.15, 0.2) is 11.6 Å². The van der Waals surface area contributed by atoms with E-state index in [1.807, 2.05) is 0 Å². The van der Waals surface area contributed by atoms with Crippen molar-refractivity contribution in [3.8, 4) is 5.75 Å². The molecule has 0 aliphatic heterocycles. The van der Waals surface area contributed by atoms with Crippen LogP contribution in [0, 0.1) is 11.6 Å². The minimum atomic E-state index is -5.12. The summed E-state index contributed by atoms with van der Waals surface area (Å²) < 4.78 is 63.4. The van der Waals surface area contributed by atoms with Crippen LogP contribution in [-0.2, 0) is 0 Å². The molecule has 0 saturated heterocycles. The smallest absolute Gasteiger partial charge is 0.399 e. The topological polar surface area (TPSA) is 9.23 Å². The predicted octanol–water partition coefficient (Wildman–Crippen LogP) is 3.63. The first-order valence-corrected chi connectivity index (χ1v) is 4.00. The summed E-state index contributed by atoms with van der Waals surface area (Å²) in [5.41, 5.74) is 0. The summed E-state index contributed by atoms with van der Waals surface area (Å²) in [4.78, 5) is 0. The molecule has 0 spiro atoms. The van der Waals surface area contributed by atoms with E-state index < -0.39 is 23.7 Å². The molecule has 0 fully saturated rings. The molecular weight excluding hydrogens is 275 g/mol. The molecule has 78 valence electrons. The van der Waals surface area contributed by atoms with E-state index in [-0.39, 0.29) is 4.47 Å². The lowest BCUT2D eigenvalue weighted by atomic mass is 10.3. The quantitative estimate of drug-likeness (QED) is 0.562. The number of hydrogen-bond donors (Lipinski definition) is 0. The fourth-order valence-corrected chi connectivity index (χ4v) is 1.03. The van der Waals surface area contributed by atoms with Crippen molar-refractivity contribution in [1.29, 1.82) is 0 Å². The molecule has 0 atom stereocenters. The highest BCUT2D eigenvalue weighted by Crippen LogP contribution is 2.32. The van der Waals surface area contributed by atoms with E-state index in [2.05, 4.69) is 20.7 Å². The molecule has 1 aromatic carbocycles. The Balaban J connectivity index is 3.13. The number of halogens is 6. The molecule has 0 aromatic heterocycles. The SMILES string of the molecule is Fc1ccc(Br)c(F)c1OC(F)(F)F. The van der Waals surface area contributed by atoms with E-state index in [0.29, 0.717) is 6.07 Å². The van der Waals surface area contributed by atoms with Gasteiger partial charge in [0.1, 0.15) is 0 Å². The minimum absolute atomic E-state index is 0.307. The van der Waals surface area contributed by atoms with Gasteiger partial charge in [-0.15, -0.1) is 13.2 Å². The third-order valence-electron chi connectivity index (χ3n) is 1.22. The molecule has 0 aliphatic carbocycles. The average Bonchev–Trinajstić information content (AvgIpc) is 2.04. The lowest BCUT2D eigenvalue weighted by Crippen LogP contribution is -2.19. The van der Waals surface area contributed by atoms with Gasteiger partial charge in [-0.3, -0.25) is 0 Å². The molecule has 0 saturated carbocycles. The van der Waals surface area contributed by atoms with Crippen LogP contribution in [0.5, 0.6) is 5.75 Å². The van der Waals surface area contributed by atoms with E-state index in [9.17, 15) is 22.0 Å². The molecular formula is C7H2BrF5O. The van der Waals surface area contributed by atoms with Crippen molar-refractivity contribution in [2.75, 3.05) is 0 Å². The van der Waals surface area contributed by atoms with Crippen molar-refractivity contribution in [1.82, 2.24) is 0 Å². The first kappa shape index (κ1) is 11.2. The van der Waals surface area contributed by atoms with Crippen LogP contribution >= 0.6 is 15.9 Å². The molecule has 0 amide bonds. The molecule has 1 rings (SSSR count). The second-order valence-corrected chi connectivity index (χ2v) is 3.07. The van der Waals surface area contributed by atoms with Crippen LogP contribution in [-0.4, -0.2) is 6.36 Å². The van der Waals surface area contributed by atoms with E-state index in [1.54, 1.807) is 0 Å². The van der Waals surface area contributed by atoms with Crippen molar-refractivity contribution < 1.29 is 26.7 Å². The number of hydrogen-bond acceptors (Lipinski definition) is 1. The fourth-order valence-electron chi connectivity index (χ4n) is 0.718. The lowest BCUT2D eigenvalue weighted by Gasteiger charge is -2.10. The van der Waals surface area contributed by atoms with Crippen molar-refractivity contribution in [2.45, 2.75) is 6.36 Å². The Kier molecular flexibility index (Phi) is 2.98. The van der Waals surface area contributed by atoms with E-state index >= 15 is 0 Å². The van der Waals surface area contributed by atoms with E-state index in [1.165, 1.54) is 0 Å².